The Hall–Kier alpha value is -1.91. The van der Waals surface area contributed by atoms with Gasteiger partial charge in [-0.05, 0) is 24.1 Å². The van der Waals surface area contributed by atoms with Crippen LogP contribution in [0, 0.1) is 11.7 Å². The third-order valence-corrected chi connectivity index (χ3v) is 2.44. The number of nitrogen functional groups attached to an aromatic ring is 1. The summed E-state index contributed by atoms with van der Waals surface area (Å²) in [6.45, 7) is 5.01. The summed E-state index contributed by atoms with van der Waals surface area (Å²) in [4.78, 5) is 0. The van der Waals surface area contributed by atoms with Crippen LogP contribution in [-0.4, -0.2) is 14.8 Å². The van der Waals surface area contributed by atoms with Crippen molar-refractivity contribution in [3.05, 3.63) is 30.3 Å². The Morgan fingerprint density at radius 2 is 2.18 bits per heavy atom. The highest BCUT2D eigenvalue weighted by Gasteiger charge is 2.10. The molecule has 0 amide bonds. The van der Waals surface area contributed by atoms with Crippen molar-refractivity contribution in [2.75, 3.05) is 5.73 Å². The number of rotatable bonds is 3. The standard InChI is InChI=1S/C12H15FN4/c1-8(2)6-17-7-15-16-12(17)9-3-4-11(14)10(13)5-9/h3-5,7-8H,6,14H2,1-2H3. The number of hydrogen-bond donors (Lipinski definition) is 1. The lowest BCUT2D eigenvalue weighted by molar-refractivity contribution is 0.525. The molecule has 4 nitrogen and oxygen atoms in total. The number of aromatic nitrogens is 3. The minimum absolute atomic E-state index is 0.142. The lowest BCUT2D eigenvalue weighted by Crippen LogP contribution is -2.05. The van der Waals surface area contributed by atoms with Crippen molar-refractivity contribution < 1.29 is 4.39 Å². The summed E-state index contributed by atoms with van der Waals surface area (Å²) in [5.74, 6) is 0.711. The van der Waals surface area contributed by atoms with Crippen LogP contribution < -0.4 is 5.73 Å². The van der Waals surface area contributed by atoms with Crippen LogP contribution in [0.2, 0.25) is 0 Å². The SMILES string of the molecule is CC(C)Cn1cnnc1-c1ccc(N)c(F)c1. The van der Waals surface area contributed by atoms with Crippen LogP contribution in [0.15, 0.2) is 24.5 Å². The maximum atomic E-state index is 13.4. The second kappa shape index (κ2) is 4.53. The lowest BCUT2D eigenvalue weighted by atomic mass is 10.1. The summed E-state index contributed by atoms with van der Waals surface area (Å²) < 4.78 is 15.3. The van der Waals surface area contributed by atoms with Gasteiger partial charge in [-0.1, -0.05) is 13.8 Å². The Morgan fingerprint density at radius 3 is 2.82 bits per heavy atom. The third kappa shape index (κ3) is 2.43. The van der Waals surface area contributed by atoms with Gasteiger partial charge < -0.3 is 10.3 Å². The molecular formula is C12H15FN4. The predicted molar refractivity (Wildman–Crippen MR) is 64.7 cm³/mol. The zero-order valence-corrected chi connectivity index (χ0v) is 9.89. The molecule has 2 rings (SSSR count). The van der Waals surface area contributed by atoms with Crippen LogP contribution in [0.5, 0.6) is 0 Å². The van der Waals surface area contributed by atoms with Gasteiger partial charge in [0.2, 0.25) is 0 Å². The Balaban J connectivity index is 2.39. The highest BCUT2D eigenvalue weighted by atomic mass is 19.1. The normalized spacial score (nSPS) is 11.1. The number of benzene rings is 1. The van der Waals surface area contributed by atoms with Crippen molar-refractivity contribution in [2.24, 2.45) is 5.92 Å². The average molecular weight is 234 g/mol. The predicted octanol–water partition coefficient (Wildman–Crippen LogP) is 2.32. The molecule has 1 aromatic carbocycles. The van der Waals surface area contributed by atoms with E-state index >= 15 is 0 Å². The minimum atomic E-state index is -0.429. The second-order valence-corrected chi connectivity index (χ2v) is 4.44. The van der Waals surface area contributed by atoms with E-state index in [1.54, 1.807) is 18.5 Å². The Morgan fingerprint density at radius 1 is 1.41 bits per heavy atom. The summed E-state index contributed by atoms with van der Waals surface area (Å²) in [6, 6.07) is 4.68. The molecule has 1 heterocycles. The molecule has 0 spiro atoms. The average Bonchev–Trinajstić information content (AvgIpc) is 2.69. The van der Waals surface area contributed by atoms with E-state index in [0.717, 1.165) is 6.54 Å². The lowest BCUT2D eigenvalue weighted by Gasteiger charge is -2.09. The van der Waals surface area contributed by atoms with Crippen LogP contribution in [0.25, 0.3) is 11.4 Å². The minimum Gasteiger partial charge on any atom is -0.396 e. The van der Waals surface area contributed by atoms with Crippen molar-refractivity contribution in [3.8, 4) is 11.4 Å². The fourth-order valence-corrected chi connectivity index (χ4v) is 1.67. The topological polar surface area (TPSA) is 56.7 Å². The molecule has 0 fully saturated rings. The maximum absolute atomic E-state index is 13.4. The van der Waals surface area contributed by atoms with Crippen molar-refractivity contribution in [1.29, 1.82) is 0 Å². The molecule has 1 aromatic heterocycles. The molecule has 0 saturated heterocycles. The van der Waals surface area contributed by atoms with Gasteiger partial charge in [0, 0.05) is 12.1 Å². The highest BCUT2D eigenvalue weighted by molar-refractivity contribution is 5.59. The third-order valence-electron chi connectivity index (χ3n) is 2.44. The Bertz CT molecular complexity index is 519. The van der Waals surface area contributed by atoms with Gasteiger partial charge in [0.1, 0.15) is 12.1 Å². The van der Waals surface area contributed by atoms with E-state index in [2.05, 4.69) is 24.0 Å². The van der Waals surface area contributed by atoms with Gasteiger partial charge >= 0.3 is 0 Å². The summed E-state index contributed by atoms with van der Waals surface area (Å²) in [5.41, 5.74) is 6.28. The molecule has 0 bridgehead atoms. The van der Waals surface area contributed by atoms with Gasteiger partial charge in [0.15, 0.2) is 5.82 Å². The molecule has 0 aliphatic rings. The van der Waals surface area contributed by atoms with Crippen LogP contribution in [0.3, 0.4) is 0 Å². The quantitative estimate of drug-likeness (QED) is 0.829. The number of nitrogens with two attached hydrogens (primary N) is 1. The number of anilines is 1. The molecule has 0 aliphatic heterocycles. The Kier molecular flexibility index (Phi) is 3.08. The van der Waals surface area contributed by atoms with E-state index in [0.29, 0.717) is 17.3 Å². The molecule has 2 aromatic rings. The first-order chi connectivity index (χ1) is 8.08. The van der Waals surface area contributed by atoms with Crippen molar-refractivity contribution >= 4 is 5.69 Å². The molecule has 5 heteroatoms. The van der Waals surface area contributed by atoms with Crippen molar-refractivity contribution in [3.63, 3.8) is 0 Å². The molecule has 0 unspecified atom stereocenters. The van der Waals surface area contributed by atoms with Crippen LogP contribution in [-0.2, 0) is 6.54 Å². The van der Waals surface area contributed by atoms with Crippen molar-refractivity contribution in [1.82, 2.24) is 14.8 Å². The fraction of sp³-hybridized carbons (Fsp3) is 0.333. The summed E-state index contributed by atoms with van der Waals surface area (Å²) in [5, 5.41) is 7.88. The number of hydrogen-bond acceptors (Lipinski definition) is 3. The summed E-state index contributed by atoms with van der Waals surface area (Å²) >= 11 is 0. The van der Waals surface area contributed by atoms with Gasteiger partial charge in [-0.3, -0.25) is 0 Å². The van der Waals surface area contributed by atoms with Gasteiger partial charge in [-0.15, -0.1) is 10.2 Å². The van der Waals surface area contributed by atoms with E-state index in [-0.39, 0.29) is 5.69 Å². The zero-order valence-electron chi connectivity index (χ0n) is 9.89. The molecule has 0 atom stereocenters. The summed E-state index contributed by atoms with van der Waals surface area (Å²) in [7, 11) is 0. The van der Waals surface area contributed by atoms with E-state index in [4.69, 9.17) is 5.73 Å². The van der Waals surface area contributed by atoms with E-state index < -0.39 is 5.82 Å². The Labute approximate surface area is 99.3 Å². The van der Waals surface area contributed by atoms with Crippen LogP contribution >= 0.6 is 0 Å². The molecular weight excluding hydrogens is 219 g/mol. The van der Waals surface area contributed by atoms with E-state index in [9.17, 15) is 4.39 Å². The molecule has 0 radical (unpaired) electrons. The first-order valence-corrected chi connectivity index (χ1v) is 5.51. The maximum Gasteiger partial charge on any atom is 0.163 e. The van der Waals surface area contributed by atoms with Gasteiger partial charge in [0.05, 0.1) is 5.69 Å². The van der Waals surface area contributed by atoms with Crippen LogP contribution in [0.1, 0.15) is 13.8 Å². The van der Waals surface area contributed by atoms with Crippen LogP contribution in [0.4, 0.5) is 10.1 Å². The van der Waals surface area contributed by atoms with Gasteiger partial charge in [-0.2, -0.15) is 0 Å². The monoisotopic (exact) mass is 234 g/mol. The van der Waals surface area contributed by atoms with Gasteiger partial charge in [-0.25, -0.2) is 4.39 Å². The molecule has 2 N–H and O–H groups in total. The number of halogens is 1. The van der Waals surface area contributed by atoms with E-state index in [1.807, 2.05) is 4.57 Å². The van der Waals surface area contributed by atoms with E-state index in [1.165, 1.54) is 6.07 Å². The molecule has 0 aliphatic carbocycles. The smallest absolute Gasteiger partial charge is 0.163 e. The first-order valence-electron chi connectivity index (χ1n) is 5.51. The first kappa shape index (κ1) is 11.6. The second-order valence-electron chi connectivity index (χ2n) is 4.44. The molecule has 0 saturated carbocycles. The fourth-order valence-electron chi connectivity index (χ4n) is 1.67. The highest BCUT2D eigenvalue weighted by Crippen LogP contribution is 2.21. The van der Waals surface area contributed by atoms with Crippen molar-refractivity contribution in [2.45, 2.75) is 20.4 Å². The summed E-state index contributed by atoms with van der Waals surface area (Å²) in [6.07, 6.45) is 1.66. The number of nitrogens with zero attached hydrogens (tertiary/aromatic N) is 3. The molecule has 17 heavy (non-hydrogen) atoms. The molecule has 90 valence electrons. The zero-order chi connectivity index (χ0) is 12.4. The largest absolute Gasteiger partial charge is 0.396 e. The van der Waals surface area contributed by atoms with Gasteiger partial charge in [0.25, 0.3) is 0 Å².